The Kier molecular flexibility index (Phi) is 4.25. The van der Waals surface area contributed by atoms with Crippen LogP contribution < -0.4 is 5.48 Å². The molecule has 0 aliphatic carbocycles. The standard InChI is InChI=1S/C11H16N2O3/c1-11(2,3)16-10(14)13-15-8-9-5-4-6-12-7-9/h4-7H,8H2,1-3H3,(H,13,14). The summed E-state index contributed by atoms with van der Waals surface area (Å²) in [6.07, 6.45) is 2.73. The van der Waals surface area contributed by atoms with E-state index in [9.17, 15) is 4.79 Å². The number of pyridine rings is 1. The Balaban J connectivity index is 2.24. The van der Waals surface area contributed by atoms with Gasteiger partial charge in [-0.05, 0) is 32.4 Å². The van der Waals surface area contributed by atoms with Crippen LogP contribution in [0, 0.1) is 0 Å². The highest BCUT2D eigenvalue weighted by atomic mass is 16.7. The van der Waals surface area contributed by atoms with Gasteiger partial charge in [0.15, 0.2) is 0 Å². The van der Waals surface area contributed by atoms with Gasteiger partial charge in [0.05, 0.1) is 0 Å². The van der Waals surface area contributed by atoms with Gasteiger partial charge < -0.3 is 4.74 Å². The molecule has 0 spiro atoms. The lowest BCUT2D eigenvalue weighted by molar-refractivity contribution is -0.0137. The predicted octanol–water partition coefficient (Wildman–Crippen LogP) is 2.04. The predicted molar refractivity (Wildman–Crippen MR) is 58.4 cm³/mol. The number of hydrogen-bond donors (Lipinski definition) is 1. The van der Waals surface area contributed by atoms with Gasteiger partial charge >= 0.3 is 6.09 Å². The van der Waals surface area contributed by atoms with Gasteiger partial charge in [0.1, 0.15) is 12.2 Å². The molecule has 0 saturated heterocycles. The Morgan fingerprint density at radius 1 is 1.50 bits per heavy atom. The van der Waals surface area contributed by atoms with Crippen molar-refractivity contribution in [2.24, 2.45) is 0 Å². The SMILES string of the molecule is CC(C)(C)OC(=O)NOCc1cccnc1. The van der Waals surface area contributed by atoms with Crippen LogP contribution in [0.15, 0.2) is 24.5 Å². The summed E-state index contributed by atoms with van der Waals surface area (Å²) >= 11 is 0. The molecule has 1 heterocycles. The lowest BCUT2D eigenvalue weighted by Crippen LogP contribution is -2.32. The van der Waals surface area contributed by atoms with E-state index in [4.69, 9.17) is 9.57 Å². The fourth-order valence-corrected chi connectivity index (χ4v) is 0.961. The first kappa shape index (κ1) is 12.4. The lowest BCUT2D eigenvalue weighted by Gasteiger charge is -2.19. The van der Waals surface area contributed by atoms with Gasteiger partial charge in [-0.25, -0.2) is 4.79 Å². The van der Waals surface area contributed by atoms with E-state index in [0.717, 1.165) is 5.56 Å². The third-order valence-electron chi connectivity index (χ3n) is 1.52. The number of carbonyl (C=O) groups is 1. The van der Waals surface area contributed by atoms with Crippen molar-refractivity contribution in [1.82, 2.24) is 10.5 Å². The van der Waals surface area contributed by atoms with Gasteiger partial charge in [0, 0.05) is 12.4 Å². The second-order valence-electron chi connectivity index (χ2n) is 4.25. The van der Waals surface area contributed by atoms with E-state index in [0.29, 0.717) is 0 Å². The first-order valence-corrected chi connectivity index (χ1v) is 4.97. The van der Waals surface area contributed by atoms with Crippen molar-refractivity contribution in [2.75, 3.05) is 0 Å². The van der Waals surface area contributed by atoms with Crippen LogP contribution in [-0.4, -0.2) is 16.7 Å². The summed E-state index contributed by atoms with van der Waals surface area (Å²) in [5.74, 6) is 0. The molecule has 0 fully saturated rings. The molecule has 1 amide bonds. The van der Waals surface area contributed by atoms with Gasteiger partial charge in [0.25, 0.3) is 0 Å². The summed E-state index contributed by atoms with van der Waals surface area (Å²) < 4.78 is 4.98. The normalized spacial score (nSPS) is 10.9. The number of ether oxygens (including phenoxy) is 1. The number of nitrogens with one attached hydrogen (secondary N) is 1. The Hall–Kier alpha value is -1.62. The third kappa shape index (κ3) is 5.31. The topological polar surface area (TPSA) is 60.5 Å². The first-order chi connectivity index (χ1) is 7.47. The Bertz CT molecular complexity index is 333. The monoisotopic (exact) mass is 224 g/mol. The van der Waals surface area contributed by atoms with E-state index in [1.807, 2.05) is 6.07 Å². The number of hydroxylamine groups is 1. The zero-order valence-electron chi connectivity index (χ0n) is 9.69. The molecule has 1 aromatic heterocycles. The maximum atomic E-state index is 11.2. The number of amides is 1. The first-order valence-electron chi connectivity index (χ1n) is 4.97. The fourth-order valence-electron chi connectivity index (χ4n) is 0.961. The molecule has 0 aromatic carbocycles. The number of nitrogens with zero attached hydrogens (tertiary/aromatic N) is 1. The second-order valence-corrected chi connectivity index (χ2v) is 4.25. The Morgan fingerprint density at radius 3 is 2.81 bits per heavy atom. The van der Waals surface area contributed by atoms with Gasteiger partial charge in [-0.3, -0.25) is 9.82 Å². The molecule has 1 aromatic rings. The van der Waals surface area contributed by atoms with E-state index in [2.05, 4.69) is 10.5 Å². The molecule has 5 nitrogen and oxygen atoms in total. The summed E-state index contributed by atoms with van der Waals surface area (Å²) in [6, 6.07) is 3.65. The van der Waals surface area contributed by atoms with E-state index < -0.39 is 11.7 Å². The second kappa shape index (κ2) is 5.46. The molecule has 16 heavy (non-hydrogen) atoms. The molecule has 0 radical (unpaired) electrons. The molecule has 1 N–H and O–H groups in total. The fraction of sp³-hybridized carbons (Fsp3) is 0.455. The zero-order valence-corrected chi connectivity index (χ0v) is 9.69. The van der Waals surface area contributed by atoms with Crippen molar-refractivity contribution in [3.8, 4) is 0 Å². The highest BCUT2D eigenvalue weighted by Gasteiger charge is 2.15. The third-order valence-corrected chi connectivity index (χ3v) is 1.52. The van der Waals surface area contributed by atoms with Crippen LogP contribution in [0.1, 0.15) is 26.3 Å². The minimum Gasteiger partial charge on any atom is -0.442 e. The van der Waals surface area contributed by atoms with Crippen molar-refractivity contribution < 1.29 is 14.4 Å². The number of carbonyl (C=O) groups excluding carboxylic acids is 1. The van der Waals surface area contributed by atoms with Gasteiger partial charge in [-0.15, -0.1) is 0 Å². The summed E-state index contributed by atoms with van der Waals surface area (Å²) in [5, 5.41) is 0. The van der Waals surface area contributed by atoms with E-state index in [-0.39, 0.29) is 6.61 Å². The molecule has 0 bridgehead atoms. The molecule has 1 rings (SSSR count). The Morgan fingerprint density at radius 2 is 2.25 bits per heavy atom. The highest BCUT2D eigenvalue weighted by Crippen LogP contribution is 2.06. The van der Waals surface area contributed by atoms with Crippen LogP contribution in [0.5, 0.6) is 0 Å². The van der Waals surface area contributed by atoms with Crippen molar-refractivity contribution in [2.45, 2.75) is 33.0 Å². The summed E-state index contributed by atoms with van der Waals surface area (Å²) in [7, 11) is 0. The number of aromatic nitrogens is 1. The minimum absolute atomic E-state index is 0.257. The van der Waals surface area contributed by atoms with Crippen LogP contribution in [0.3, 0.4) is 0 Å². The molecule has 0 saturated carbocycles. The largest absolute Gasteiger partial charge is 0.442 e. The lowest BCUT2D eigenvalue weighted by atomic mass is 10.2. The van der Waals surface area contributed by atoms with Crippen molar-refractivity contribution >= 4 is 6.09 Å². The smallest absolute Gasteiger partial charge is 0.431 e. The quantitative estimate of drug-likeness (QED) is 0.798. The molecule has 0 unspecified atom stereocenters. The van der Waals surface area contributed by atoms with E-state index in [1.165, 1.54) is 0 Å². The minimum atomic E-state index is -0.601. The van der Waals surface area contributed by atoms with Crippen LogP contribution in [0.2, 0.25) is 0 Å². The van der Waals surface area contributed by atoms with Crippen LogP contribution in [0.25, 0.3) is 0 Å². The molecular weight excluding hydrogens is 208 g/mol. The summed E-state index contributed by atoms with van der Waals surface area (Å²) in [5.41, 5.74) is 2.55. The number of hydrogen-bond acceptors (Lipinski definition) is 4. The van der Waals surface area contributed by atoms with Crippen LogP contribution in [-0.2, 0) is 16.2 Å². The van der Waals surface area contributed by atoms with Crippen molar-refractivity contribution in [3.05, 3.63) is 30.1 Å². The van der Waals surface area contributed by atoms with Gasteiger partial charge in [-0.2, -0.15) is 5.48 Å². The van der Waals surface area contributed by atoms with E-state index >= 15 is 0 Å². The molecule has 5 heteroatoms. The molecule has 0 aliphatic rings. The van der Waals surface area contributed by atoms with Crippen LogP contribution >= 0.6 is 0 Å². The van der Waals surface area contributed by atoms with Crippen molar-refractivity contribution in [3.63, 3.8) is 0 Å². The van der Waals surface area contributed by atoms with E-state index in [1.54, 1.807) is 39.2 Å². The highest BCUT2D eigenvalue weighted by molar-refractivity contribution is 5.66. The molecule has 0 aliphatic heterocycles. The average Bonchev–Trinajstić information content (AvgIpc) is 2.16. The van der Waals surface area contributed by atoms with Gasteiger partial charge in [-0.1, -0.05) is 6.07 Å². The molecule has 88 valence electrons. The molecule has 0 atom stereocenters. The summed E-state index contributed by atoms with van der Waals surface area (Å²) in [4.78, 5) is 20.1. The molecular formula is C11H16N2O3. The number of rotatable bonds is 3. The Labute approximate surface area is 94.7 Å². The average molecular weight is 224 g/mol. The zero-order chi connectivity index (χ0) is 12.0. The maximum absolute atomic E-state index is 11.2. The van der Waals surface area contributed by atoms with Crippen molar-refractivity contribution in [1.29, 1.82) is 0 Å². The van der Waals surface area contributed by atoms with Crippen LogP contribution in [0.4, 0.5) is 4.79 Å². The van der Waals surface area contributed by atoms with Gasteiger partial charge in [0.2, 0.25) is 0 Å². The maximum Gasteiger partial charge on any atom is 0.431 e. The summed E-state index contributed by atoms with van der Waals surface area (Å²) in [6.45, 7) is 5.61.